The number of carbonyl (C=O) groups excluding carboxylic acids is 3. The second-order valence-corrected chi connectivity index (χ2v) is 6.28. The van der Waals surface area contributed by atoms with Crippen molar-refractivity contribution in [3.63, 3.8) is 0 Å². The van der Waals surface area contributed by atoms with Crippen LogP contribution in [0.5, 0.6) is 0 Å². The van der Waals surface area contributed by atoms with E-state index in [1.54, 1.807) is 60.7 Å². The van der Waals surface area contributed by atoms with E-state index in [4.69, 9.17) is 0 Å². The van der Waals surface area contributed by atoms with Crippen LogP contribution in [0.2, 0.25) is 0 Å². The van der Waals surface area contributed by atoms with E-state index in [2.05, 4.69) is 15.6 Å². The molecular weight excluding hydrogens is 354 g/mol. The first kappa shape index (κ1) is 19.0. The van der Waals surface area contributed by atoms with E-state index in [9.17, 15) is 14.4 Å². The Morgan fingerprint density at radius 1 is 0.750 bits per heavy atom. The average molecular weight is 373 g/mol. The molecule has 140 valence electrons. The molecule has 0 fully saturated rings. The molecule has 0 aliphatic heterocycles. The summed E-state index contributed by atoms with van der Waals surface area (Å²) in [5.41, 5.74) is 2.88. The van der Waals surface area contributed by atoms with Crippen molar-refractivity contribution in [2.75, 3.05) is 10.6 Å². The summed E-state index contributed by atoms with van der Waals surface area (Å²) >= 11 is 0. The number of Topliss-reactive ketones (excluding diaryl/α,β-unsaturated/α-hetero) is 2. The number of nitrogens with one attached hydrogen (secondary N) is 2. The number of rotatable bonds is 6. The first-order valence-corrected chi connectivity index (χ1v) is 8.69. The molecule has 0 spiro atoms. The Morgan fingerprint density at radius 3 is 2.14 bits per heavy atom. The lowest BCUT2D eigenvalue weighted by atomic mass is 10.1. The summed E-state index contributed by atoms with van der Waals surface area (Å²) in [6.07, 6.45) is 1.53. The molecular formula is C22H19N3O3. The highest BCUT2D eigenvalue weighted by molar-refractivity contribution is 6.05. The minimum absolute atomic E-state index is 0.00261. The lowest BCUT2D eigenvalue weighted by Gasteiger charge is -2.09. The number of benzene rings is 2. The molecule has 0 bridgehead atoms. The average Bonchev–Trinajstić information content (AvgIpc) is 2.69. The largest absolute Gasteiger partial charge is 0.340 e. The number of anilines is 3. The van der Waals surface area contributed by atoms with Crippen LogP contribution in [0.15, 0.2) is 66.9 Å². The van der Waals surface area contributed by atoms with Gasteiger partial charge in [-0.1, -0.05) is 12.1 Å². The van der Waals surface area contributed by atoms with Gasteiger partial charge in [0.15, 0.2) is 11.6 Å². The highest BCUT2D eigenvalue weighted by Crippen LogP contribution is 2.18. The Labute approximate surface area is 162 Å². The zero-order valence-electron chi connectivity index (χ0n) is 15.5. The third-order valence-corrected chi connectivity index (χ3v) is 4.11. The van der Waals surface area contributed by atoms with Gasteiger partial charge < -0.3 is 10.6 Å². The maximum Gasteiger partial charge on any atom is 0.255 e. The predicted octanol–water partition coefficient (Wildman–Crippen LogP) is 4.48. The number of nitrogens with zero attached hydrogens (tertiary/aromatic N) is 1. The molecule has 0 saturated heterocycles. The Morgan fingerprint density at radius 2 is 1.46 bits per heavy atom. The Bertz CT molecular complexity index is 1040. The fraction of sp³-hybridized carbons (Fsp3) is 0.0909. The van der Waals surface area contributed by atoms with Crippen LogP contribution in [0.1, 0.15) is 44.9 Å². The van der Waals surface area contributed by atoms with Crippen LogP contribution in [0.4, 0.5) is 17.2 Å². The molecule has 0 radical (unpaired) electrons. The molecule has 1 amide bonds. The quantitative estimate of drug-likeness (QED) is 0.622. The van der Waals surface area contributed by atoms with Crippen molar-refractivity contribution in [2.24, 2.45) is 0 Å². The normalized spacial score (nSPS) is 10.2. The fourth-order valence-corrected chi connectivity index (χ4v) is 2.60. The molecule has 0 aliphatic carbocycles. The van der Waals surface area contributed by atoms with Crippen molar-refractivity contribution < 1.29 is 14.4 Å². The molecule has 6 nitrogen and oxygen atoms in total. The topological polar surface area (TPSA) is 88.2 Å². The van der Waals surface area contributed by atoms with Gasteiger partial charge in [0.2, 0.25) is 0 Å². The van der Waals surface area contributed by atoms with Crippen LogP contribution in [0.3, 0.4) is 0 Å². The van der Waals surface area contributed by atoms with Crippen LogP contribution in [-0.4, -0.2) is 22.5 Å². The number of aromatic nitrogens is 1. The molecule has 2 N–H and O–H groups in total. The van der Waals surface area contributed by atoms with Crippen LogP contribution < -0.4 is 10.6 Å². The van der Waals surface area contributed by atoms with Crippen LogP contribution >= 0.6 is 0 Å². The zero-order chi connectivity index (χ0) is 20.1. The van der Waals surface area contributed by atoms with E-state index >= 15 is 0 Å². The van der Waals surface area contributed by atoms with Crippen molar-refractivity contribution in [1.82, 2.24) is 4.98 Å². The van der Waals surface area contributed by atoms with Gasteiger partial charge in [0.1, 0.15) is 5.82 Å². The third kappa shape index (κ3) is 4.67. The number of hydrogen-bond donors (Lipinski definition) is 2. The van der Waals surface area contributed by atoms with E-state index in [-0.39, 0.29) is 17.5 Å². The first-order chi connectivity index (χ1) is 13.4. The van der Waals surface area contributed by atoms with E-state index < -0.39 is 0 Å². The molecule has 28 heavy (non-hydrogen) atoms. The molecule has 1 heterocycles. The van der Waals surface area contributed by atoms with Gasteiger partial charge in [0.05, 0.1) is 0 Å². The summed E-state index contributed by atoms with van der Waals surface area (Å²) in [7, 11) is 0. The van der Waals surface area contributed by atoms with Crippen molar-refractivity contribution >= 4 is 34.7 Å². The summed E-state index contributed by atoms with van der Waals surface area (Å²) in [4.78, 5) is 39.6. The Kier molecular flexibility index (Phi) is 5.60. The highest BCUT2D eigenvalue weighted by atomic mass is 16.1. The lowest BCUT2D eigenvalue weighted by Crippen LogP contribution is -2.12. The van der Waals surface area contributed by atoms with Gasteiger partial charge in [-0.15, -0.1) is 0 Å². The van der Waals surface area contributed by atoms with Crippen LogP contribution in [0.25, 0.3) is 0 Å². The molecule has 6 heteroatoms. The van der Waals surface area contributed by atoms with E-state index in [0.29, 0.717) is 28.2 Å². The zero-order valence-corrected chi connectivity index (χ0v) is 15.5. The van der Waals surface area contributed by atoms with Crippen molar-refractivity contribution in [3.8, 4) is 0 Å². The lowest BCUT2D eigenvalue weighted by molar-refractivity contribution is 0.100. The fourth-order valence-electron chi connectivity index (χ4n) is 2.60. The number of hydrogen-bond acceptors (Lipinski definition) is 5. The first-order valence-electron chi connectivity index (χ1n) is 8.69. The predicted molar refractivity (Wildman–Crippen MR) is 108 cm³/mol. The second kappa shape index (κ2) is 8.26. The minimum atomic E-state index is -0.307. The van der Waals surface area contributed by atoms with Gasteiger partial charge in [-0.3, -0.25) is 14.4 Å². The number of amides is 1. The SMILES string of the molecule is CC(=O)c1ccc(Nc2cc(C(=O)Nc3cccc(C(C)=O)c3)ccn2)cc1. The van der Waals surface area contributed by atoms with Crippen LogP contribution in [-0.2, 0) is 0 Å². The summed E-state index contributed by atoms with van der Waals surface area (Å²) in [5, 5.41) is 5.89. The van der Waals surface area contributed by atoms with E-state index in [1.165, 1.54) is 20.0 Å². The molecule has 3 rings (SSSR count). The smallest absolute Gasteiger partial charge is 0.255 e. The molecule has 3 aromatic rings. The number of ketones is 2. The van der Waals surface area contributed by atoms with Gasteiger partial charge in [-0.25, -0.2) is 4.98 Å². The number of pyridine rings is 1. The van der Waals surface area contributed by atoms with Gasteiger partial charge in [-0.2, -0.15) is 0 Å². The summed E-state index contributed by atoms with van der Waals surface area (Å²) < 4.78 is 0. The molecule has 0 aliphatic rings. The summed E-state index contributed by atoms with van der Waals surface area (Å²) in [6, 6.07) is 17.0. The molecule has 0 unspecified atom stereocenters. The maximum atomic E-state index is 12.5. The monoisotopic (exact) mass is 373 g/mol. The van der Waals surface area contributed by atoms with Gasteiger partial charge in [0.25, 0.3) is 5.91 Å². The molecule has 0 atom stereocenters. The van der Waals surface area contributed by atoms with E-state index in [0.717, 1.165) is 5.69 Å². The summed E-state index contributed by atoms with van der Waals surface area (Å²) in [5.74, 6) is 0.123. The van der Waals surface area contributed by atoms with Gasteiger partial charge in [-0.05, 0) is 62.4 Å². The minimum Gasteiger partial charge on any atom is -0.340 e. The van der Waals surface area contributed by atoms with Crippen molar-refractivity contribution in [2.45, 2.75) is 13.8 Å². The Hall–Kier alpha value is -3.80. The van der Waals surface area contributed by atoms with E-state index in [1.807, 2.05) is 0 Å². The van der Waals surface area contributed by atoms with Crippen LogP contribution in [0, 0.1) is 0 Å². The third-order valence-electron chi connectivity index (χ3n) is 4.11. The highest BCUT2D eigenvalue weighted by Gasteiger charge is 2.09. The summed E-state index contributed by atoms with van der Waals surface area (Å²) in [6.45, 7) is 2.99. The second-order valence-electron chi connectivity index (χ2n) is 6.28. The standard InChI is InChI=1S/C22H19N3O3/c1-14(26)16-6-8-19(9-7-16)24-21-13-18(10-11-23-21)22(28)25-20-5-3-4-17(12-20)15(2)27/h3-13H,1-2H3,(H,23,24)(H,25,28). The maximum absolute atomic E-state index is 12.5. The Balaban J connectivity index is 1.73. The van der Waals surface area contributed by atoms with Crippen molar-refractivity contribution in [1.29, 1.82) is 0 Å². The molecule has 1 aromatic heterocycles. The molecule has 0 saturated carbocycles. The molecule has 2 aromatic carbocycles. The van der Waals surface area contributed by atoms with Crippen molar-refractivity contribution in [3.05, 3.63) is 83.6 Å². The van der Waals surface area contributed by atoms with Gasteiger partial charge >= 0.3 is 0 Å². The number of carbonyl (C=O) groups is 3. The van der Waals surface area contributed by atoms with Gasteiger partial charge in [0, 0.05) is 34.3 Å².